The molecule has 0 atom stereocenters. The largest absolute Gasteiger partial charge is 0.493 e. The van der Waals surface area contributed by atoms with Crippen LogP contribution in [0.15, 0.2) is 30.3 Å². The van der Waals surface area contributed by atoms with E-state index in [2.05, 4.69) is 4.98 Å². The van der Waals surface area contributed by atoms with Gasteiger partial charge in [0.1, 0.15) is 0 Å². The number of aliphatic hydroxyl groups excluding tert-OH is 1. The van der Waals surface area contributed by atoms with Gasteiger partial charge in [-0.15, -0.1) is 0 Å². The molecule has 2 rings (SSSR count). The number of nitrogen functional groups attached to an aromatic ring is 1. The Kier molecular flexibility index (Phi) is 4.27. The summed E-state index contributed by atoms with van der Waals surface area (Å²) in [5.41, 5.74) is 6.86. The molecule has 1 heterocycles. The van der Waals surface area contributed by atoms with Crippen molar-refractivity contribution in [2.45, 2.75) is 6.61 Å². The van der Waals surface area contributed by atoms with Gasteiger partial charge in [-0.05, 0) is 23.8 Å². The second kappa shape index (κ2) is 6.12. The lowest BCUT2D eigenvalue weighted by Crippen LogP contribution is -1.98. The van der Waals surface area contributed by atoms with Crippen LogP contribution in [0.3, 0.4) is 0 Å². The van der Waals surface area contributed by atoms with Crippen molar-refractivity contribution in [3.05, 3.63) is 35.9 Å². The summed E-state index contributed by atoms with van der Waals surface area (Å²) in [7, 11) is 3.01. The fraction of sp³-hybridized carbons (Fsp3) is 0.214. The first-order valence-corrected chi connectivity index (χ1v) is 5.94. The topological polar surface area (TPSA) is 86.8 Å². The Morgan fingerprint density at radius 3 is 2.55 bits per heavy atom. The summed E-state index contributed by atoms with van der Waals surface area (Å²) in [5, 5.41) is 9.10. The van der Waals surface area contributed by atoms with Crippen molar-refractivity contribution in [3.63, 3.8) is 0 Å². The number of hydrogen-bond donors (Lipinski definition) is 2. The van der Waals surface area contributed by atoms with Crippen LogP contribution in [0.2, 0.25) is 0 Å². The minimum Gasteiger partial charge on any atom is -0.493 e. The van der Waals surface area contributed by atoms with Gasteiger partial charge in [0.05, 0.1) is 26.5 Å². The summed E-state index contributed by atoms with van der Waals surface area (Å²) in [6.07, 6.45) is 0. The quantitative estimate of drug-likeness (QED) is 0.868. The number of anilines is 1. The van der Waals surface area contributed by atoms with Crippen molar-refractivity contribution in [2.24, 2.45) is 0 Å². The third-order valence-electron chi connectivity index (χ3n) is 2.68. The van der Waals surface area contributed by atoms with Crippen LogP contribution in [0, 0.1) is 0 Å². The van der Waals surface area contributed by atoms with Crippen molar-refractivity contribution in [1.29, 1.82) is 0 Å². The molecule has 0 aliphatic rings. The molecule has 106 valence electrons. The van der Waals surface area contributed by atoms with Gasteiger partial charge in [0.2, 0.25) is 11.8 Å². The second-order valence-corrected chi connectivity index (χ2v) is 3.99. The third-order valence-corrected chi connectivity index (χ3v) is 2.68. The van der Waals surface area contributed by atoms with Crippen molar-refractivity contribution in [1.82, 2.24) is 4.98 Å². The summed E-state index contributed by atoms with van der Waals surface area (Å²) < 4.78 is 15.9. The molecule has 20 heavy (non-hydrogen) atoms. The van der Waals surface area contributed by atoms with E-state index >= 15 is 0 Å². The van der Waals surface area contributed by atoms with Crippen molar-refractivity contribution in [3.8, 4) is 23.3 Å². The number of aliphatic hydroxyl groups is 1. The molecule has 0 aliphatic carbocycles. The highest BCUT2D eigenvalue weighted by atomic mass is 16.5. The summed E-state index contributed by atoms with van der Waals surface area (Å²) in [5.74, 6) is 1.64. The number of nitrogens with two attached hydrogens (primary N) is 1. The maximum atomic E-state index is 9.10. The first-order chi connectivity index (χ1) is 9.67. The van der Waals surface area contributed by atoms with E-state index in [9.17, 15) is 0 Å². The lowest BCUT2D eigenvalue weighted by Gasteiger charge is -2.11. The highest BCUT2D eigenvalue weighted by Crippen LogP contribution is 2.33. The molecule has 0 amide bonds. The van der Waals surface area contributed by atoms with E-state index < -0.39 is 0 Å². The van der Waals surface area contributed by atoms with E-state index in [1.807, 2.05) is 0 Å². The molecule has 0 bridgehead atoms. The molecule has 0 spiro atoms. The first-order valence-electron chi connectivity index (χ1n) is 5.94. The lowest BCUT2D eigenvalue weighted by molar-refractivity contribution is 0.280. The molecular formula is C14H16N2O4. The lowest BCUT2D eigenvalue weighted by atomic mass is 10.2. The Bertz CT molecular complexity index is 602. The first kappa shape index (κ1) is 14.0. The van der Waals surface area contributed by atoms with Gasteiger partial charge in [-0.25, -0.2) is 0 Å². The monoisotopic (exact) mass is 276 g/mol. The van der Waals surface area contributed by atoms with Crippen LogP contribution in [-0.4, -0.2) is 24.3 Å². The maximum absolute atomic E-state index is 9.10. The minimum atomic E-state index is -0.0649. The summed E-state index contributed by atoms with van der Waals surface area (Å²) in [6, 6.07) is 8.43. The van der Waals surface area contributed by atoms with E-state index in [-0.39, 0.29) is 6.61 Å². The maximum Gasteiger partial charge on any atom is 0.240 e. The SMILES string of the molecule is COc1cc(CO)ccc1Oc1ccc(N)c(OC)n1. The number of nitrogens with zero attached hydrogens (tertiary/aromatic N) is 1. The van der Waals surface area contributed by atoms with Crippen LogP contribution in [0.25, 0.3) is 0 Å². The van der Waals surface area contributed by atoms with E-state index in [0.29, 0.717) is 28.9 Å². The third kappa shape index (κ3) is 2.92. The Balaban J connectivity index is 2.29. The van der Waals surface area contributed by atoms with Gasteiger partial charge >= 0.3 is 0 Å². The van der Waals surface area contributed by atoms with E-state index in [4.69, 9.17) is 25.1 Å². The number of ether oxygens (including phenoxy) is 3. The number of aromatic nitrogens is 1. The minimum absolute atomic E-state index is 0.0649. The molecular weight excluding hydrogens is 260 g/mol. The van der Waals surface area contributed by atoms with Crippen molar-refractivity contribution >= 4 is 5.69 Å². The summed E-state index contributed by atoms with van der Waals surface area (Å²) in [4.78, 5) is 4.13. The number of benzene rings is 1. The van der Waals surface area contributed by atoms with Gasteiger partial charge < -0.3 is 25.1 Å². The van der Waals surface area contributed by atoms with Crippen LogP contribution in [0.1, 0.15) is 5.56 Å². The highest BCUT2D eigenvalue weighted by molar-refractivity contribution is 5.50. The zero-order chi connectivity index (χ0) is 14.5. The normalized spacial score (nSPS) is 10.2. The van der Waals surface area contributed by atoms with E-state index in [1.165, 1.54) is 14.2 Å². The molecule has 0 unspecified atom stereocenters. The number of pyridine rings is 1. The molecule has 2 aromatic rings. The summed E-state index contributed by atoms with van der Waals surface area (Å²) >= 11 is 0. The molecule has 0 saturated heterocycles. The Hall–Kier alpha value is -2.47. The molecule has 0 saturated carbocycles. The van der Waals surface area contributed by atoms with Gasteiger partial charge in [0.15, 0.2) is 11.5 Å². The van der Waals surface area contributed by atoms with Crippen LogP contribution in [0.4, 0.5) is 5.69 Å². The molecule has 1 aromatic heterocycles. The predicted molar refractivity (Wildman–Crippen MR) is 74.2 cm³/mol. The predicted octanol–water partition coefficient (Wildman–Crippen LogP) is 1.97. The standard InChI is InChI=1S/C14H16N2O4/c1-18-12-7-9(8-17)3-5-11(12)20-13-6-4-10(15)14(16-13)19-2/h3-7,17H,8,15H2,1-2H3. The van der Waals surface area contributed by atoms with Crippen LogP contribution < -0.4 is 19.9 Å². The fourth-order valence-corrected chi connectivity index (χ4v) is 1.66. The fourth-order valence-electron chi connectivity index (χ4n) is 1.66. The molecule has 0 fully saturated rings. The van der Waals surface area contributed by atoms with Crippen molar-refractivity contribution < 1.29 is 19.3 Å². The Morgan fingerprint density at radius 1 is 1.10 bits per heavy atom. The summed E-state index contributed by atoms with van der Waals surface area (Å²) in [6.45, 7) is -0.0649. The van der Waals surface area contributed by atoms with Gasteiger partial charge in [0.25, 0.3) is 0 Å². The molecule has 6 heteroatoms. The average molecular weight is 276 g/mol. The van der Waals surface area contributed by atoms with Gasteiger partial charge in [-0.1, -0.05) is 6.07 Å². The Morgan fingerprint density at radius 2 is 1.90 bits per heavy atom. The van der Waals surface area contributed by atoms with Gasteiger partial charge in [-0.2, -0.15) is 4.98 Å². The Labute approximate surface area is 116 Å². The van der Waals surface area contributed by atoms with E-state index in [1.54, 1.807) is 30.3 Å². The number of hydrogen-bond acceptors (Lipinski definition) is 6. The number of methoxy groups -OCH3 is 2. The van der Waals surface area contributed by atoms with E-state index in [0.717, 1.165) is 5.56 Å². The molecule has 6 nitrogen and oxygen atoms in total. The smallest absolute Gasteiger partial charge is 0.240 e. The molecule has 1 aromatic carbocycles. The van der Waals surface area contributed by atoms with Crippen molar-refractivity contribution in [2.75, 3.05) is 20.0 Å². The zero-order valence-corrected chi connectivity index (χ0v) is 11.3. The molecule has 3 N–H and O–H groups in total. The zero-order valence-electron chi connectivity index (χ0n) is 11.3. The number of rotatable bonds is 5. The highest BCUT2D eigenvalue weighted by Gasteiger charge is 2.09. The molecule has 0 aliphatic heterocycles. The second-order valence-electron chi connectivity index (χ2n) is 3.99. The molecule has 0 radical (unpaired) electrons. The van der Waals surface area contributed by atoms with Gasteiger partial charge in [0, 0.05) is 6.07 Å². The van der Waals surface area contributed by atoms with Crippen LogP contribution in [-0.2, 0) is 6.61 Å². The van der Waals surface area contributed by atoms with Crippen LogP contribution >= 0.6 is 0 Å². The van der Waals surface area contributed by atoms with Gasteiger partial charge in [-0.3, -0.25) is 0 Å². The van der Waals surface area contributed by atoms with Crippen LogP contribution in [0.5, 0.6) is 23.3 Å². The average Bonchev–Trinajstić information content (AvgIpc) is 2.49.